The summed E-state index contributed by atoms with van der Waals surface area (Å²) in [5.74, 6) is 1.82. The molecule has 2 amide bonds. The number of carbonyl (C=O) groups is 1. The molecule has 2 aromatic carbocycles. The molecule has 3 aromatic rings. The number of hydrogen-bond acceptors (Lipinski definition) is 4. The Kier molecular flexibility index (Phi) is 6.25. The number of urea groups is 1. The predicted octanol–water partition coefficient (Wildman–Crippen LogP) is 4.59. The van der Waals surface area contributed by atoms with Crippen LogP contribution in [0.2, 0.25) is 0 Å². The first-order chi connectivity index (χ1) is 13.2. The highest BCUT2D eigenvalue weighted by molar-refractivity contribution is 5.90. The van der Waals surface area contributed by atoms with Crippen LogP contribution in [0.5, 0.6) is 17.4 Å². The number of para-hydroxylation sites is 2. The summed E-state index contributed by atoms with van der Waals surface area (Å²) in [6.45, 7) is 2.79. The third-order valence-electron chi connectivity index (χ3n) is 3.65. The van der Waals surface area contributed by atoms with Crippen molar-refractivity contribution in [3.63, 3.8) is 0 Å². The third-order valence-corrected chi connectivity index (χ3v) is 3.65. The maximum absolute atomic E-state index is 12.2. The van der Waals surface area contributed by atoms with Crippen LogP contribution in [-0.4, -0.2) is 17.6 Å². The van der Waals surface area contributed by atoms with Crippen LogP contribution in [0.1, 0.15) is 12.5 Å². The lowest BCUT2D eigenvalue weighted by atomic mass is 10.2. The zero-order valence-electron chi connectivity index (χ0n) is 15.0. The number of nitrogens with zero attached hydrogens (tertiary/aromatic N) is 1. The molecule has 0 aliphatic rings. The lowest BCUT2D eigenvalue weighted by Crippen LogP contribution is -2.28. The predicted molar refractivity (Wildman–Crippen MR) is 104 cm³/mol. The van der Waals surface area contributed by atoms with Gasteiger partial charge in [-0.1, -0.05) is 30.3 Å². The third kappa shape index (κ3) is 5.47. The monoisotopic (exact) mass is 363 g/mol. The van der Waals surface area contributed by atoms with Crippen LogP contribution in [0.15, 0.2) is 72.9 Å². The Balaban J connectivity index is 1.57. The van der Waals surface area contributed by atoms with Gasteiger partial charge in [0.25, 0.3) is 0 Å². The molecule has 2 N–H and O–H groups in total. The number of rotatable bonds is 7. The van der Waals surface area contributed by atoms with Gasteiger partial charge in [0, 0.05) is 18.8 Å². The highest BCUT2D eigenvalue weighted by atomic mass is 16.5. The average Bonchev–Trinajstić information content (AvgIpc) is 2.69. The second kappa shape index (κ2) is 9.24. The summed E-state index contributed by atoms with van der Waals surface area (Å²) in [7, 11) is 0. The van der Waals surface area contributed by atoms with E-state index in [1.165, 1.54) is 0 Å². The van der Waals surface area contributed by atoms with Gasteiger partial charge in [0.15, 0.2) is 0 Å². The van der Waals surface area contributed by atoms with Crippen molar-refractivity contribution in [1.82, 2.24) is 10.3 Å². The molecule has 0 radical (unpaired) electrons. The fraction of sp³-hybridized carbons (Fsp3) is 0.143. The summed E-state index contributed by atoms with van der Waals surface area (Å²) < 4.78 is 11.2. The molecule has 0 bridgehead atoms. The number of nitrogens with one attached hydrogen (secondary N) is 2. The van der Waals surface area contributed by atoms with Gasteiger partial charge in [-0.2, -0.15) is 0 Å². The molecule has 3 rings (SSSR count). The van der Waals surface area contributed by atoms with Crippen LogP contribution < -0.4 is 20.1 Å². The minimum Gasteiger partial charge on any atom is -0.492 e. The van der Waals surface area contributed by atoms with E-state index in [0.717, 1.165) is 5.56 Å². The van der Waals surface area contributed by atoms with Gasteiger partial charge in [-0.05, 0) is 42.8 Å². The van der Waals surface area contributed by atoms with Crippen LogP contribution in [0.25, 0.3) is 0 Å². The summed E-state index contributed by atoms with van der Waals surface area (Å²) in [5, 5.41) is 5.63. The summed E-state index contributed by atoms with van der Waals surface area (Å²) in [6.07, 6.45) is 1.67. The van der Waals surface area contributed by atoms with E-state index in [0.29, 0.717) is 36.2 Å². The molecule has 0 atom stereocenters. The maximum Gasteiger partial charge on any atom is 0.319 e. The van der Waals surface area contributed by atoms with Gasteiger partial charge in [0.05, 0.1) is 12.3 Å². The standard InChI is InChI=1S/C21H21N3O3/c1-2-26-19-11-4-3-10-18(19)24-21(25)23-15-16-8-7-9-17(14-16)27-20-12-5-6-13-22-20/h3-14H,2,15H2,1H3,(H2,23,24,25). The van der Waals surface area contributed by atoms with E-state index in [2.05, 4.69) is 15.6 Å². The van der Waals surface area contributed by atoms with Crippen LogP contribution in [0, 0.1) is 0 Å². The van der Waals surface area contributed by atoms with Gasteiger partial charge < -0.3 is 20.1 Å². The highest BCUT2D eigenvalue weighted by Crippen LogP contribution is 2.23. The van der Waals surface area contributed by atoms with Gasteiger partial charge in [0.2, 0.25) is 5.88 Å². The Morgan fingerprint density at radius 1 is 1.04 bits per heavy atom. The van der Waals surface area contributed by atoms with Gasteiger partial charge in [-0.3, -0.25) is 0 Å². The molecule has 27 heavy (non-hydrogen) atoms. The van der Waals surface area contributed by atoms with E-state index < -0.39 is 0 Å². The van der Waals surface area contributed by atoms with E-state index in [4.69, 9.17) is 9.47 Å². The van der Waals surface area contributed by atoms with Crippen molar-refractivity contribution in [2.24, 2.45) is 0 Å². The number of hydrogen-bond donors (Lipinski definition) is 2. The van der Waals surface area contributed by atoms with Crippen LogP contribution in [-0.2, 0) is 6.54 Å². The molecular weight excluding hydrogens is 342 g/mol. The van der Waals surface area contributed by atoms with Gasteiger partial charge in [-0.15, -0.1) is 0 Å². The van der Waals surface area contributed by atoms with Crippen molar-refractivity contribution in [3.8, 4) is 17.4 Å². The molecule has 138 valence electrons. The molecule has 0 aliphatic carbocycles. The van der Waals surface area contributed by atoms with Crippen molar-refractivity contribution < 1.29 is 14.3 Å². The lowest BCUT2D eigenvalue weighted by Gasteiger charge is -2.12. The average molecular weight is 363 g/mol. The minimum absolute atomic E-state index is 0.307. The van der Waals surface area contributed by atoms with E-state index in [1.807, 2.05) is 61.5 Å². The minimum atomic E-state index is -0.307. The zero-order chi connectivity index (χ0) is 18.9. The number of anilines is 1. The molecule has 1 heterocycles. The van der Waals surface area contributed by atoms with Gasteiger partial charge in [0.1, 0.15) is 11.5 Å². The number of aromatic nitrogens is 1. The summed E-state index contributed by atoms with van der Waals surface area (Å²) >= 11 is 0. The van der Waals surface area contributed by atoms with Crippen molar-refractivity contribution in [2.75, 3.05) is 11.9 Å². The van der Waals surface area contributed by atoms with Crippen molar-refractivity contribution >= 4 is 11.7 Å². The Bertz CT molecular complexity index is 885. The molecular formula is C21H21N3O3. The Labute approximate surface area is 158 Å². The number of ether oxygens (including phenoxy) is 2. The molecule has 0 aliphatic heterocycles. The second-order valence-corrected chi connectivity index (χ2v) is 5.65. The lowest BCUT2D eigenvalue weighted by molar-refractivity contribution is 0.251. The fourth-order valence-corrected chi connectivity index (χ4v) is 2.45. The van der Waals surface area contributed by atoms with Crippen molar-refractivity contribution in [3.05, 3.63) is 78.5 Å². The van der Waals surface area contributed by atoms with E-state index >= 15 is 0 Å². The van der Waals surface area contributed by atoms with Crippen LogP contribution >= 0.6 is 0 Å². The maximum atomic E-state index is 12.2. The topological polar surface area (TPSA) is 72.5 Å². The second-order valence-electron chi connectivity index (χ2n) is 5.65. The largest absolute Gasteiger partial charge is 0.492 e. The van der Waals surface area contributed by atoms with E-state index in [-0.39, 0.29) is 6.03 Å². The van der Waals surface area contributed by atoms with E-state index in [9.17, 15) is 4.79 Å². The van der Waals surface area contributed by atoms with E-state index in [1.54, 1.807) is 18.3 Å². The zero-order valence-corrected chi connectivity index (χ0v) is 15.0. The Morgan fingerprint density at radius 3 is 2.70 bits per heavy atom. The Hall–Kier alpha value is -3.54. The summed E-state index contributed by atoms with van der Waals surface area (Å²) in [5.41, 5.74) is 1.54. The summed E-state index contributed by atoms with van der Waals surface area (Å²) in [4.78, 5) is 16.3. The normalized spacial score (nSPS) is 10.1. The van der Waals surface area contributed by atoms with Crippen molar-refractivity contribution in [2.45, 2.75) is 13.5 Å². The fourth-order valence-electron chi connectivity index (χ4n) is 2.45. The first-order valence-corrected chi connectivity index (χ1v) is 8.69. The molecule has 0 saturated heterocycles. The molecule has 0 unspecified atom stereocenters. The molecule has 6 heteroatoms. The first kappa shape index (κ1) is 18.3. The van der Waals surface area contributed by atoms with Gasteiger partial charge >= 0.3 is 6.03 Å². The summed E-state index contributed by atoms with van der Waals surface area (Å²) in [6, 6.07) is 20.0. The van der Waals surface area contributed by atoms with Crippen molar-refractivity contribution in [1.29, 1.82) is 0 Å². The quantitative estimate of drug-likeness (QED) is 0.644. The van der Waals surface area contributed by atoms with Crippen LogP contribution in [0.3, 0.4) is 0 Å². The number of pyridine rings is 1. The highest BCUT2D eigenvalue weighted by Gasteiger charge is 2.07. The molecule has 0 spiro atoms. The Morgan fingerprint density at radius 2 is 1.89 bits per heavy atom. The molecule has 6 nitrogen and oxygen atoms in total. The molecule has 0 fully saturated rings. The molecule has 1 aromatic heterocycles. The SMILES string of the molecule is CCOc1ccccc1NC(=O)NCc1cccc(Oc2ccccn2)c1. The smallest absolute Gasteiger partial charge is 0.319 e. The molecule has 0 saturated carbocycles. The first-order valence-electron chi connectivity index (χ1n) is 8.69. The number of carbonyl (C=O) groups excluding carboxylic acids is 1. The number of benzene rings is 2. The number of amides is 2. The van der Waals surface area contributed by atoms with Crippen LogP contribution in [0.4, 0.5) is 10.5 Å². The van der Waals surface area contributed by atoms with Gasteiger partial charge in [-0.25, -0.2) is 9.78 Å².